The lowest BCUT2D eigenvalue weighted by molar-refractivity contribution is 0.424. The second kappa shape index (κ2) is 2.33. The molecular weight excluding hydrogens is 150 g/mol. The molecule has 0 bridgehead atoms. The van der Waals surface area contributed by atoms with Gasteiger partial charge in [-0.3, -0.25) is 0 Å². The highest BCUT2D eigenvalue weighted by molar-refractivity contribution is 5.13. The van der Waals surface area contributed by atoms with Crippen LogP contribution in [0.5, 0.6) is 0 Å². The summed E-state index contributed by atoms with van der Waals surface area (Å²) in [7, 11) is 0. The Morgan fingerprint density at radius 2 is 2.25 bits per heavy atom. The molecule has 2 heterocycles. The quantitative estimate of drug-likeness (QED) is 0.702. The molecule has 0 spiro atoms. The Kier molecular flexibility index (Phi) is 1.29. The third kappa shape index (κ3) is 0.894. The Labute approximate surface area is 71.8 Å². The van der Waals surface area contributed by atoms with Crippen LogP contribution in [0.1, 0.15) is 30.5 Å². The average Bonchev–Trinajstić information content (AvgIpc) is 2.70. The van der Waals surface area contributed by atoms with Crippen molar-refractivity contribution in [2.75, 3.05) is 13.1 Å². The van der Waals surface area contributed by atoms with Crippen molar-refractivity contribution in [3.8, 4) is 0 Å². The monoisotopic (exact) mass is 163 g/mol. The van der Waals surface area contributed by atoms with Gasteiger partial charge in [0.1, 0.15) is 0 Å². The van der Waals surface area contributed by atoms with Crippen molar-refractivity contribution in [3.05, 3.63) is 18.2 Å². The maximum atomic E-state index is 4.22. The Balaban J connectivity index is 1.91. The minimum atomic E-state index is 0.730. The van der Waals surface area contributed by atoms with E-state index in [1.165, 1.54) is 18.5 Å². The predicted octanol–water partition coefficient (Wildman–Crippen LogP) is 0.905. The van der Waals surface area contributed by atoms with Crippen molar-refractivity contribution >= 4 is 0 Å². The highest BCUT2D eigenvalue weighted by atomic mass is 15.1. The molecule has 0 radical (unpaired) electrons. The fraction of sp³-hybridized carbons (Fsp3) is 0.667. The molecule has 2 fully saturated rings. The molecule has 1 aliphatic carbocycles. The van der Waals surface area contributed by atoms with E-state index in [-0.39, 0.29) is 0 Å². The fourth-order valence-corrected chi connectivity index (χ4v) is 1.79. The number of hydrogen-bond donors (Lipinski definition) is 1. The van der Waals surface area contributed by atoms with Crippen molar-refractivity contribution in [2.45, 2.75) is 24.8 Å². The van der Waals surface area contributed by atoms with Gasteiger partial charge in [-0.15, -0.1) is 0 Å². The van der Waals surface area contributed by atoms with Gasteiger partial charge in [0.25, 0.3) is 0 Å². The molecule has 1 aliphatic heterocycles. The van der Waals surface area contributed by atoms with Gasteiger partial charge in [0.2, 0.25) is 0 Å². The summed E-state index contributed by atoms with van der Waals surface area (Å²) in [4.78, 5) is 4.22. The summed E-state index contributed by atoms with van der Waals surface area (Å²) in [6, 6.07) is 0.781. The number of nitrogens with one attached hydrogen (secondary N) is 1. The van der Waals surface area contributed by atoms with Crippen LogP contribution in [0.3, 0.4) is 0 Å². The molecule has 3 nitrogen and oxygen atoms in total. The Morgan fingerprint density at radius 3 is 2.83 bits per heavy atom. The van der Waals surface area contributed by atoms with Gasteiger partial charge in [-0.05, 0) is 12.8 Å². The van der Waals surface area contributed by atoms with Crippen molar-refractivity contribution in [1.82, 2.24) is 14.9 Å². The van der Waals surface area contributed by atoms with Gasteiger partial charge in [0.15, 0.2) is 0 Å². The van der Waals surface area contributed by atoms with Crippen molar-refractivity contribution in [1.29, 1.82) is 0 Å². The lowest BCUT2D eigenvalue weighted by atomic mass is 10.00. The zero-order valence-electron chi connectivity index (χ0n) is 7.03. The summed E-state index contributed by atoms with van der Waals surface area (Å²) in [6.07, 6.45) is 6.72. The zero-order chi connectivity index (χ0) is 7.97. The SMILES string of the molecule is c1ncn(C2CC2)c1C1CNC1. The molecule has 3 heteroatoms. The Hall–Kier alpha value is -0.830. The van der Waals surface area contributed by atoms with Crippen LogP contribution in [-0.2, 0) is 0 Å². The number of hydrogen-bond acceptors (Lipinski definition) is 2. The molecule has 3 rings (SSSR count). The molecular formula is C9H13N3. The van der Waals surface area contributed by atoms with E-state index in [1.54, 1.807) is 0 Å². The summed E-state index contributed by atoms with van der Waals surface area (Å²) in [5, 5.41) is 3.29. The second-order valence-corrected chi connectivity index (χ2v) is 3.81. The van der Waals surface area contributed by atoms with Gasteiger partial charge in [0.05, 0.1) is 6.33 Å². The zero-order valence-corrected chi connectivity index (χ0v) is 7.03. The molecule has 1 N–H and O–H groups in total. The standard InChI is InChI=1S/C9H13N3/c1-2-8(1)12-6-11-5-9(12)7-3-10-4-7/h5-8,10H,1-4H2. The van der Waals surface area contributed by atoms with E-state index in [0.717, 1.165) is 25.0 Å². The first-order chi connectivity index (χ1) is 5.95. The predicted molar refractivity (Wildman–Crippen MR) is 46.1 cm³/mol. The van der Waals surface area contributed by atoms with Gasteiger partial charge in [-0.25, -0.2) is 4.98 Å². The third-order valence-corrected chi connectivity index (χ3v) is 2.84. The van der Waals surface area contributed by atoms with Crippen molar-refractivity contribution in [2.24, 2.45) is 0 Å². The molecule has 2 aliphatic rings. The summed E-state index contributed by atoms with van der Waals surface area (Å²) < 4.78 is 2.37. The molecule has 0 amide bonds. The third-order valence-electron chi connectivity index (χ3n) is 2.84. The Bertz CT molecular complexity index is 284. The van der Waals surface area contributed by atoms with Gasteiger partial charge < -0.3 is 9.88 Å². The summed E-state index contributed by atoms with van der Waals surface area (Å²) in [6.45, 7) is 2.27. The normalized spacial score (nSPS) is 24.0. The van der Waals surface area contributed by atoms with Gasteiger partial charge in [-0.1, -0.05) is 0 Å². The van der Waals surface area contributed by atoms with E-state index in [4.69, 9.17) is 0 Å². The van der Waals surface area contributed by atoms with E-state index in [0.29, 0.717) is 0 Å². The van der Waals surface area contributed by atoms with Crippen LogP contribution in [0.4, 0.5) is 0 Å². The van der Waals surface area contributed by atoms with E-state index in [1.807, 2.05) is 12.5 Å². The molecule has 12 heavy (non-hydrogen) atoms. The van der Waals surface area contributed by atoms with E-state index in [2.05, 4.69) is 14.9 Å². The van der Waals surface area contributed by atoms with Crippen molar-refractivity contribution < 1.29 is 0 Å². The molecule has 1 aromatic heterocycles. The van der Waals surface area contributed by atoms with Crippen LogP contribution in [-0.4, -0.2) is 22.6 Å². The van der Waals surface area contributed by atoms with Crippen LogP contribution < -0.4 is 5.32 Å². The topological polar surface area (TPSA) is 29.9 Å². The van der Waals surface area contributed by atoms with Crippen LogP contribution in [0.2, 0.25) is 0 Å². The molecule has 1 saturated heterocycles. The number of aromatic nitrogens is 2. The second-order valence-electron chi connectivity index (χ2n) is 3.81. The van der Waals surface area contributed by atoms with Gasteiger partial charge >= 0.3 is 0 Å². The minimum absolute atomic E-state index is 0.730. The number of imidazole rings is 1. The molecule has 1 saturated carbocycles. The highest BCUT2D eigenvalue weighted by Crippen LogP contribution is 2.37. The smallest absolute Gasteiger partial charge is 0.0950 e. The highest BCUT2D eigenvalue weighted by Gasteiger charge is 2.29. The summed E-state index contributed by atoms with van der Waals surface area (Å²) >= 11 is 0. The lowest BCUT2D eigenvalue weighted by Crippen LogP contribution is -2.40. The Morgan fingerprint density at radius 1 is 1.42 bits per heavy atom. The molecule has 0 atom stereocenters. The first-order valence-corrected chi connectivity index (χ1v) is 4.67. The maximum absolute atomic E-state index is 4.22. The van der Waals surface area contributed by atoms with E-state index >= 15 is 0 Å². The largest absolute Gasteiger partial charge is 0.331 e. The average molecular weight is 163 g/mol. The van der Waals surface area contributed by atoms with E-state index < -0.39 is 0 Å². The van der Waals surface area contributed by atoms with Gasteiger partial charge in [-0.2, -0.15) is 0 Å². The first-order valence-electron chi connectivity index (χ1n) is 4.67. The first kappa shape index (κ1) is 6.66. The summed E-state index contributed by atoms with van der Waals surface area (Å²) in [5.41, 5.74) is 1.44. The molecule has 64 valence electrons. The van der Waals surface area contributed by atoms with Crippen LogP contribution in [0, 0.1) is 0 Å². The van der Waals surface area contributed by atoms with E-state index in [9.17, 15) is 0 Å². The molecule has 0 unspecified atom stereocenters. The lowest BCUT2D eigenvalue weighted by Gasteiger charge is -2.27. The maximum Gasteiger partial charge on any atom is 0.0950 e. The molecule has 0 aromatic carbocycles. The van der Waals surface area contributed by atoms with Crippen LogP contribution in [0.25, 0.3) is 0 Å². The number of rotatable bonds is 2. The van der Waals surface area contributed by atoms with Crippen molar-refractivity contribution in [3.63, 3.8) is 0 Å². The fourth-order valence-electron chi connectivity index (χ4n) is 1.79. The van der Waals surface area contributed by atoms with Crippen LogP contribution >= 0.6 is 0 Å². The minimum Gasteiger partial charge on any atom is -0.331 e. The van der Waals surface area contributed by atoms with Crippen LogP contribution in [0.15, 0.2) is 12.5 Å². The van der Waals surface area contributed by atoms with Gasteiger partial charge in [0, 0.05) is 36.9 Å². The summed E-state index contributed by atoms with van der Waals surface area (Å²) in [5.74, 6) is 0.730. The number of nitrogens with zero attached hydrogens (tertiary/aromatic N) is 2. The molecule has 1 aromatic rings.